The van der Waals surface area contributed by atoms with E-state index >= 15 is 0 Å². The van der Waals surface area contributed by atoms with Gasteiger partial charge in [-0.25, -0.2) is 4.98 Å². The van der Waals surface area contributed by atoms with Crippen LogP contribution in [0, 0.1) is 5.92 Å². The Kier molecular flexibility index (Phi) is 5.99. The molecule has 1 aromatic heterocycles. The Bertz CT molecular complexity index is 460. The third kappa shape index (κ3) is 5.28. The van der Waals surface area contributed by atoms with Crippen molar-refractivity contribution in [2.45, 2.75) is 32.2 Å². The maximum absolute atomic E-state index is 11.9. The molecular weight excluding hydrogens is 284 g/mol. The molecule has 0 saturated carbocycles. The van der Waals surface area contributed by atoms with Crippen LogP contribution in [0.3, 0.4) is 0 Å². The molecule has 5 nitrogen and oxygen atoms in total. The quantitative estimate of drug-likeness (QED) is 0.872. The summed E-state index contributed by atoms with van der Waals surface area (Å²) in [5.41, 5.74) is 0.939. The van der Waals surface area contributed by atoms with Crippen LogP contribution in [-0.4, -0.2) is 50.0 Å². The molecule has 1 saturated heterocycles. The van der Waals surface area contributed by atoms with Crippen molar-refractivity contribution in [1.29, 1.82) is 0 Å². The highest BCUT2D eigenvalue weighted by molar-refractivity contribution is 7.13. The van der Waals surface area contributed by atoms with Crippen LogP contribution in [0.2, 0.25) is 0 Å². The van der Waals surface area contributed by atoms with Crippen molar-refractivity contribution in [3.8, 4) is 0 Å². The molecule has 0 aromatic carbocycles. The van der Waals surface area contributed by atoms with Gasteiger partial charge >= 0.3 is 0 Å². The van der Waals surface area contributed by atoms with E-state index in [1.807, 2.05) is 24.4 Å². The smallest absolute Gasteiger partial charge is 0.220 e. The summed E-state index contributed by atoms with van der Waals surface area (Å²) in [6.45, 7) is 2.86. The summed E-state index contributed by atoms with van der Waals surface area (Å²) in [4.78, 5) is 20.7. The van der Waals surface area contributed by atoms with E-state index in [4.69, 9.17) is 0 Å². The van der Waals surface area contributed by atoms with Crippen LogP contribution in [-0.2, 0) is 11.3 Å². The lowest BCUT2D eigenvalue weighted by Crippen LogP contribution is -2.33. The monoisotopic (exact) mass is 310 g/mol. The predicted octanol–water partition coefficient (Wildman–Crippen LogP) is 1.95. The van der Waals surface area contributed by atoms with E-state index in [-0.39, 0.29) is 5.91 Å². The van der Waals surface area contributed by atoms with Crippen molar-refractivity contribution < 1.29 is 4.79 Å². The highest BCUT2D eigenvalue weighted by Gasteiger charge is 2.18. The van der Waals surface area contributed by atoms with Crippen molar-refractivity contribution in [2.75, 3.05) is 39.1 Å². The van der Waals surface area contributed by atoms with Crippen LogP contribution in [0.1, 0.15) is 31.4 Å². The summed E-state index contributed by atoms with van der Waals surface area (Å²) < 4.78 is 0. The number of likely N-dealkylation sites (tertiary alicyclic amines) is 1. The van der Waals surface area contributed by atoms with Crippen molar-refractivity contribution in [1.82, 2.24) is 15.2 Å². The minimum atomic E-state index is 0.141. The molecule has 0 aliphatic carbocycles. The molecule has 0 unspecified atom stereocenters. The molecule has 118 valence electrons. The third-order valence-electron chi connectivity index (χ3n) is 3.89. The van der Waals surface area contributed by atoms with E-state index < -0.39 is 0 Å². The number of rotatable bonds is 6. The second kappa shape index (κ2) is 7.75. The van der Waals surface area contributed by atoms with Gasteiger partial charge in [0.15, 0.2) is 5.13 Å². The summed E-state index contributed by atoms with van der Waals surface area (Å²) in [6, 6.07) is 0. The molecule has 0 radical (unpaired) electrons. The second-order valence-corrected chi connectivity index (χ2v) is 6.94. The number of thiazole rings is 1. The SMILES string of the molecule is CN1CCC[C@H](CCC(=O)NCc2csc(N(C)C)n2)C1. The third-order valence-corrected chi connectivity index (χ3v) is 4.95. The molecule has 0 spiro atoms. The van der Waals surface area contributed by atoms with Gasteiger partial charge in [0, 0.05) is 32.4 Å². The van der Waals surface area contributed by atoms with Gasteiger partial charge in [-0.2, -0.15) is 0 Å². The first-order valence-electron chi connectivity index (χ1n) is 7.61. The minimum absolute atomic E-state index is 0.141. The van der Waals surface area contributed by atoms with E-state index in [0.717, 1.165) is 23.8 Å². The number of hydrogen-bond acceptors (Lipinski definition) is 5. The number of carbonyl (C=O) groups excluding carboxylic acids is 1. The van der Waals surface area contributed by atoms with Gasteiger partial charge in [-0.15, -0.1) is 11.3 Å². The Labute approximate surface area is 131 Å². The van der Waals surface area contributed by atoms with Gasteiger partial charge in [0.1, 0.15) is 0 Å². The van der Waals surface area contributed by atoms with Crippen LogP contribution < -0.4 is 10.2 Å². The zero-order chi connectivity index (χ0) is 15.2. The first-order chi connectivity index (χ1) is 10.0. The molecule has 1 aliphatic heterocycles. The number of anilines is 1. The van der Waals surface area contributed by atoms with Gasteiger partial charge in [-0.1, -0.05) is 0 Å². The molecule has 1 amide bonds. The van der Waals surface area contributed by atoms with Crippen LogP contribution in [0.25, 0.3) is 0 Å². The first-order valence-corrected chi connectivity index (χ1v) is 8.49. The van der Waals surface area contributed by atoms with Gasteiger partial charge in [0.25, 0.3) is 0 Å². The molecule has 0 bridgehead atoms. The second-order valence-electron chi connectivity index (χ2n) is 6.10. The Balaban J connectivity index is 1.67. The van der Waals surface area contributed by atoms with Crippen molar-refractivity contribution in [2.24, 2.45) is 5.92 Å². The lowest BCUT2D eigenvalue weighted by Gasteiger charge is -2.29. The highest BCUT2D eigenvalue weighted by Crippen LogP contribution is 2.20. The Morgan fingerprint density at radius 1 is 1.57 bits per heavy atom. The Hall–Kier alpha value is -1.14. The van der Waals surface area contributed by atoms with E-state index in [1.54, 1.807) is 11.3 Å². The van der Waals surface area contributed by atoms with Gasteiger partial charge < -0.3 is 15.1 Å². The fourth-order valence-corrected chi connectivity index (χ4v) is 3.46. The van der Waals surface area contributed by atoms with Gasteiger partial charge in [0.2, 0.25) is 5.91 Å². The largest absolute Gasteiger partial charge is 0.354 e. The highest BCUT2D eigenvalue weighted by atomic mass is 32.1. The molecule has 21 heavy (non-hydrogen) atoms. The molecule has 2 rings (SSSR count). The summed E-state index contributed by atoms with van der Waals surface area (Å²) >= 11 is 1.60. The minimum Gasteiger partial charge on any atom is -0.354 e. The van der Waals surface area contributed by atoms with Crippen molar-refractivity contribution >= 4 is 22.4 Å². The average Bonchev–Trinajstić information content (AvgIpc) is 2.92. The summed E-state index contributed by atoms with van der Waals surface area (Å²) in [7, 11) is 6.11. The Morgan fingerprint density at radius 2 is 2.38 bits per heavy atom. The van der Waals surface area contributed by atoms with Gasteiger partial charge in [0.05, 0.1) is 12.2 Å². The number of nitrogens with one attached hydrogen (secondary N) is 1. The lowest BCUT2D eigenvalue weighted by molar-refractivity contribution is -0.121. The zero-order valence-electron chi connectivity index (χ0n) is 13.3. The lowest BCUT2D eigenvalue weighted by atomic mass is 9.93. The predicted molar refractivity (Wildman–Crippen MR) is 87.7 cm³/mol. The topological polar surface area (TPSA) is 48.5 Å². The van der Waals surface area contributed by atoms with Gasteiger partial charge in [-0.3, -0.25) is 4.79 Å². The maximum atomic E-state index is 11.9. The van der Waals surface area contributed by atoms with Crippen LogP contribution in [0.4, 0.5) is 5.13 Å². The number of piperidine rings is 1. The van der Waals surface area contributed by atoms with Crippen LogP contribution in [0.5, 0.6) is 0 Å². The van der Waals surface area contributed by atoms with Gasteiger partial charge in [-0.05, 0) is 38.8 Å². The summed E-state index contributed by atoms with van der Waals surface area (Å²) in [5.74, 6) is 0.816. The zero-order valence-corrected chi connectivity index (χ0v) is 14.1. The van der Waals surface area contributed by atoms with E-state index in [2.05, 4.69) is 22.2 Å². The molecule has 2 heterocycles. The Morgan fingerprint density at radius 3 is 3.05 bits per heavy atom. The molecule has 1 aromatic rings. The molecule has 1 N–H and O–H groups in total. The molecular formula is C15H26N4OS. The number of carbonyl (C=O) groups is 1. The van der Waals surface area contributed by atoms with Crippen molar-refractivity contribution in [3.63, 3.8) is 0 Å². The molecule has 1 aliphatic rings. The summed E-state index contributed by atoms with van der Waals surface area (Å²) in [6.07, 6.45) is 4.14. The molecule has 1 fully saturated rings. The van der Waals surface area contributed by atoms with Crippen LogP contribution in [0.15, 0.2) is 5.38 Å². The van der Waals surface area contributed by atoms with E-state index in [1.165, 1.54) is 19.4 Å². The molecule has 6 heteroatoms. The first kappa shape index (κ1) is 16.2. The number of aromatic nitrogens is 1. The standard InChI is InChI=1S/C15H26N4OS/c1-18(2)15-17-13(11-21-15)9-16-14(20)7-6-12-5-4-8-19(3)10-12/h11-12H,4-10H2,1-3H3,(H,16,20)/t12-/m1/s1. The fraction of sp³-hybridized carbons (Fsp3) is 0.733. The number of nitrogens with zero attached hydrogens (tertiary/aromatic N) is 3. The van der Waals surface area contributed by atoms with Crippen LogP contribution >= 0.6 is 11.3 Å². The molecule has 1 atom stereocenters. The normalized spacial score (nSPS) is 19.5. The van der Waals surface area contributed by atoms with E-state index in [0.29, 0.717) is 18.9 Å². The van der Waals surface area contributed by atoms with Crippen molar-refractivity contribution in [3.05, 3.63) is 11.1 Å². The number of amides is 1. The maximum Gasteiger partial charge on any atom is 0.220 e. The fourth-order valence-electron chi connectivity index (χ4n) is 2.70. The number of hydrogen-bond donors (Lipinski definition) is 1. The average molecular weight is 310 g/mol. The summed E-state index contributed by atoms with van der Waals surface area (Å²) in [5, 5.41) is 5.96. The van der Waals surface area contributed by atoms with E-state index in [9.17, 15) is 4.79 Å².